The number of fused-ring (bicyclic) bond motifs is 1. The van der Waals surface area contributed by atoms with Gasteiger partial charge in [0.1, 0.15) is 29.8 Å². The van der Waals surface area contributed by atoms with Gasteiger partial charge in [0.05, 0.1) is 17.5 Å². The number of anilines is 1. The third-order valence-electron chi connectivity index (χ3n) is 7.24. The fourth-order valence-electron chi connectivity index (χ4n) is 5.06. The summed E-state index contributed by atoms with van der Waals surface area (Å²) >= 11 is 0. The standard InChI is InChI=1S/C30H37N7O5/c1-20-12-15-36(24(38)11-14-31)17-23(20)35(5)26-22-13-16-37(27(22)33-18-32-26)19-41-28(39)25(21-9-7-6-8-10-21)34-29(40)42-30(2,3)4/h6-10,13,16,18,20,23,25H,11-12,15,17,19H2,1-5H3,(H,34,40)/t20-,23+,25+/m1/s1. The van der Waals surface area contributed by atoms with E-state index in [0.717, 1.165) is 11.8 Å². The maximum atomic E-state index is 13.2. The number of nitrogens with zero attached hydrogens (tertiary/aromatic N) is 6. The van der Waals surface area contributed by atoms with E-state index in [0.29, 0.717) is 36.0 Å². The van der Waals surface area contributed by atoms with E-state index >= 15 is 0 Å². The Bertz CT molecular complexity index is 1460. The quantitative estimate of drug-likeness (QED) is 0.397. The van der Waals surface area contributed by atoms with Gasteiger partial charge in [0.25, 0.3) is 0 Å². The molecule has 0 saturated carbocycles. The third kappa shape index (κ3) is 7.15. The highest BCUT2D eigenvalue weighted by Gasteiger charge is 2.33. The van der Waals surface area contributed by atoms with Gasteiger partial charge in [-0.15, -0.1) is 0 Å². The number of esters is 1. The predicted molar refractivity (Wildman–Crippen MR) is 155 cm³/mol. The van der Waals surface area contributed by atoms with Crippen LogP contribution in [-0.2, 0) is 25.8 Å². The average Bonchev–Trinajstić information content (AvgIpc) is 3.37. The van der Waals surface area contributed by atoms with Crippen molar-refractivity contribution in [1.82, 2.24) is 24.8 Å². The summed E-state index contributed by atoms with van der Waals surface area (Å²) in [5, 5.41) is 12.3. The van der Waals surface area contributed by atoms with Crippen LogP contribution in [0.25, 0.3) is 11.0 Å². The normalized spacial score (nSPS) is 17.7. The summed E-state index contributed by atoms with van der Waals surface area (Å²) in [5.74, 6) is 0.156. The number of aromatic nitrogens is 3. The minimum absolute atomic E-state index is 0.00812. The molecule has 3 aromatic rings. The molecular formula is C30H37N7O5. The SMILES string of the molecule is C[C@@H]1CCN(C(=O)CC#N)C[C@@H]1N(C)c1ncnc2c1ccn2COC(=O)[C@@H](NC(=O)OC(C)(C)C)c1ccccc1. The lowest BCUT2D eigenvalue weighted by Gasteiger charge is -2.42. The van der Waals surface area contributed by atoms with Gasteiger partial charge in [-0.25, -0.2) is 19.6 Å². The largest absolute Gasteiger partial charge is 0.444 e. The maximum absolute atomic E-state index is 13.2. The van der Waals surface area contributed by atoms with Crippen molar-refractivity contribution in [2.45, 2.75) is 65.0 Å². The molecule has 1 fully saturated rings. The van der Waals surface area contributed by atoms with Gasteiger partial charge in [0, 0.05) is 26.3 Å². The number of amides is 2. The smallest absolute Gasteiger partial charge is 0.408 e. The molecule has 1 aliphatic heterocycles. The number of hydrogen-bond acceptors (Lipinski definition) is 9. The third-order valence-corrected chi connectivity index (χ3v) is 7.24. The first-order valence-electron chi connectivity index (χ1n) is 13.9. The molecule has 3 atom stereocenters. The van der Waals surface area contributed by atoms with Gasteiger partial charge in [-0.3, -0.25) is 9.36 Å². The summed E-state index contributed by atoms with van der Waals surface area (Å²) in [6.07, 6.45) is 3.16. The first-order chi connectivity index (χ1) is 20.0. The van der Waals surface area contributed by atoms with E-state index in [1.807, 2.05) is 30.1 Å². The topological polar surface area (TPSA) is 143 Å². The summed E-state index contributed by atoms with van der Waals surface area (Å²) in [6.45, 7) is 8.35. The minimum Gasteiger partial charge on any atom is -0.444 e. The molecule has 0 spiro atoms. The van der Waals surface area contributed by atoms with Crippen molar-refractivity contribution in [3.8, 4) is 6.07 Å². The van der Waals surface area contributed by atoms with Crippen molar-refractivity contribution >= 4 is 34.8 Å². The number of likely N-dealkylation sites (N-methyl/N-ethyl adjacent to an activating group) is 1. The van der Waals surface area contributed by atoms with Crippen molar-refractivity contribution in [3.05, 3.63) is 54.5 Å². The summed E-state index contributed by atoms with van der Waals surface area (Å²) in [7, 11) is 1.94. The lowest BCUT2D eigenvalue weighted by atomic mass is 9.92. The number of carbonyl (C=O) groups is 3. The summed E-state index contributed by atoms with van der Waals surface area (Å²) in [4.78, 5) is 50.9. The number of hydrogen-bond donors (Lipinski definition) is 1. The van der Waals surface area contributed by atoms with E-state index in [-0.39, 0.29) is 25.1 Å². The Kier molecular flexibility index (Phi) is 9.30. The Morgan fingerprint density at radius 1 is 1.19 bits per heavy atom. The predicted octanol–water partition coefficient (Wildman–Crippen LogP) is 3.78. The molecule has 3 heterocycles. The van der Waals surface area contributed by atoms with Crippen LogP contribution in [0.3, 0.4) is 0 Å². The molecular weight excluding hydrogens is 538 g/mol. The molecule has 2 amide bonds. The second-order valence-corrected chi connectivity index (χ2v) is 11.4. The number of benzene rings is 1. The lowest BCUT2D eigenvalue weighted by Crippen LogP contribution is -2.52. The molecule has 0 bridgehead atoms. The van der Waals surface area contributed by atoms with Crippen LogP contribution in [0.5, 0.6) is 0 Å². The van der Waals surface area contributed by atoms with E-state index in [1.54, 1.807) is 60.7 Å². The van der Waals surface area contributed by atoms with E-state index in [4.69, 9.17) is 14.7 Å². The number of nitrogens with one attached hydrogen (secondary N) is 1. The molecule has 1 aromatic carbocycles. The highest BCUT2D eigenvalue weighted by Crippen LogP contribution is 2.30. The van der Waals surface area contributed by atoms with Gasteiger partial charge in [-0.05, 0) is 44.7 Å². The Morgan fingerprint density at radius 3 is 2.62 bits per heavy atom. The van der Waals surface area contributed by atoms with Gasteiger partial charge < -0.3 is 24.6 Å². The van der Waals surface area contributed by atoms with Crippen molar-refractivity contribution in [2.24, 2.45) is 5.92 Å². The summed E-state index contributed by atoms with van der Waals surface area (Å²) < 4.78 is 12.7. The number of likely N-dealkylation sites (tertiary alicyclic amines) is 1. The Hall–Kier alpha value is -4.66. The minimum atomic E-state index is -1.07. The molecule has 1 aliphatic rings. The van der Waals surface area contributed by atoms with Crippen LogP contribution in [0.1, 0.15) is 52.1 Å². The van der Waals surface area contributed by atoms with Crippen LogP contribution in [0.2, 0.25) is 0 Å². The highest BCUT2D eigenvalue weighted by atomic mass is 16.6. The highest BCUT2D eigenvalue weighted by molar-refractivity contribution is 5.88. The van der Waals surface area contributed by atoms with E-state index < -0.39 is 23.7 Å². The van der Waals surface area contributed by atoms with Gasteiger partial charge in [0.15, 0.2) is 12.8 Å². The van der Waals surface area contributed by atoms with E-state index in [1.165, 1.54) is 6.33 Å². The molecule has 4 rings (SSSR count). The Labute approximate surface area is 245 Å². The molecule has 222 valence electrons. The van der Waals surface area contributed by atoms with Crippen molar-refractivity contribution in [2.75, 3.05) is 25.0 Å². The van der Waals surface area contributed by atoms with Crippen molar-refractivity contribution in [1.29, 1.82) is 5.26 Å². The molecule has 12 heteroatoms. The second kappa shape index (κ2) is 12.9. The number of carbonyl (C=O) groups excluding carboxylic acids is 3. The van der Waals surface area contributed by atoms with Crippen LogP contribution in [0.15, 0.2) is 48.9 Å². The maximum Gasteiger partial charge on any atom is 0.408 e. The van der Waals surface area contributed by atoms with Crippen LogP contribution in [0.4, 0.5) is 10.6 Å². The number of alkyl carbamates (subject to hydrolysis) is 1. The fourth-order valence-corrected chi connectivity index (χ4v) is 5.06. The molecule has 0 radical (unpaired) electrons. The number of ether oxygens (including phenoxy) is 2. The van der Waals surface area contributed by atoms with Crippen LogP contribution < -0.4 is 10.2 Å². The van der Waals surface area contributed by atoms with Gasteiger partial charge in [-0.2, -0.15) is 5.26 Å². The lowest BCUT2D eigenvalue weighted by molar-refractivity contribution is -0.150. The number of rotatable bonds is 8. The summed E-state index contributed by atoms with van der Waals surface area (Å²) in [5.41, 5.74) is 0.390. The molecule has 42 heavy (non-hydrogen) atoms. The van der Waals surface area contributed by atoms with Gasteiger partial charge in [-0.1, -0.05) is 37.3 Å². The Balaban J connectivity index is 1.50. The van der Waals surface area contributed by atoms with Crippen LogP contribution >= 0.6 is 0 Å². The van der Waals surface area contributed by atoms with Crippen LogP contribution in [0, 0.1) is 17.2 Å². The van der Waals surface area contributed by atoms with E-state index in [2.05, 4.69) is 22.2 Å². The molecule has 12 nitrogen and oxygen atoms in total. The summed E-state index contributed by atoms with van der Waals surface area (Å²) in [6, 6.07) is 11.5. The van der Waals surface area contributed by atoms with Gasteiger partial charge in [0.2, 0.25) is 5.91 Å². The fraction of sp³-hybridized carbons (Fsp3) is 0.467. The van der Waals surface area contributed by atoms with Gasteiger partial charge >= 0.3 is 12.1 Å². The second-order valence-electron chi connectivity index (χ2n) is 11.4. The number of piperidine rings is 1. The molecule has 1 saturated heterocycles. The molecule has 0 aliphatic carbocycles. The monoisotopic (exact) mass is 575 g/mol. The molecule has 2 aromatic heterocycles. The first kappa shape index (κ1) is 30.3. The van der Waals surface area contributed by atoms with Crippen LogP contribution in [-0.4, -0.2) is 69.2 Å². The average molecular weight is 576 g/mol. The zero-order valence-electron chi connectivity index (χ0n) is 24.6. The van der Waals surface area contributed by atoms with Crippen molar-refractivity contribution < 1.29 is 23.9 Å². The molecule has 0 unspecified atom stereocenters. The Morgan fingerprint density at radius 2 is 1.93 bits per heavy atom. The molecule has 1 N–H and O–H groups in total. The van der Waals surface area contributed by atoms with E-state index in [9.17, 15) is 14.4 Å². The number of nitriles is 1. The first-order valence-corrected chi connectivity index (χ1v) is 13.9. The zero-order chi connectivity index (χ0) is 30.4. The zero-order valence-corrected chi connectivity index (χ0v) is 24.6. The van der Waals surface area contributed by atoms with Crippen molar-refractivity contribution in [3.63, 3.8) is 0 Å².